The largest absolute Gasteiger partial charge is 0.370 e. The van der Waals surface area contributed by atoms with Crippen LogP contribution in [0.5, 0.6) is 0 Å². The van der Waals surface area contributed by atoms with Crippen LogP contribution in [0.3, 0.4) is 0 Å². The van der Waals surface area contributed by atoms with Crippen LogP contribution in [0, 0.1) is 25.2 Å². The second-order valence-corrected chi connectivity index (χ2v) is 4.11. The molecule has 0 aliphatic heterocycles. The molecule has 0 unspecified atom stereocenters. The summed E-state index contributed by atoms with van der Waals surface area (Å²) in [6, 6.07) is 4.06. The van der Waals surface area contributed by atoms with Gasteiger partial charge in [-0.1, -0.05) is 0 Å². The number of imidazole rings is 1. The topological polar surface area (TPSA) is 77.4 Å². The number of nitriles is 1. The summed E-state index contributed by atoms with van der Waals surface area (Å²) < 4.78 is 0. The van der Waals surface area contributed by atoms with Crippen molar-refractivity contribution in [3.8, 4) is 6.07 Å². The molecule has 0 bridgehead atoms. The molecule has 0 spiro atoms. The third-order valence-corrected chi connectivity index (χ3v) is 2.73. The highest BCUT2D eigenvalue weighted by Gasteiger charge is 2.05. The first-order chi connectivity index (χ1) is 8.70. The van der Waals surface area contributed by atoms with E-state index >= 15 is 0 Å². The van der Waals surface area contributed by atoms with E-state index in [-0.39, 0.29) is 0 Å². The van der Waals surface area contributed by atoms with Crippen molar-refractivity contribution < 1.29 is 0 Å². The van der Waals surface area contributed by atoms with Crippen LogP contribution in [0.4, 0.5) is 5.82 Å². The van der Waals surface area contributed by atoms with E-state index in [1.165, 1.54) is 0 Å². The molecule has 2 N–H and O–H groups in total. The zero-order valence-corrected chi connectivity index (χ0v) is 10.5. The van der Waals surface area contributed by atoms with Gasteiger partial charge in [-0.3, -0.25) is 0 Å². The van der Waals surface area contributed by atoms with E-state index in [1.54, 1.807) is 6.20 Å². The van der Waals surface area contributed by atoms with Gasteiger partial charge in [0.1, 0.15) is 17.7 Å². The number of pyridine rings is 1. The van der Waals surface area contributed by atoms with Gasteiger partial charge >= 0.3 is 0 Å². The molecule has 18 heavy (non-hydrogen) atoms. The number of aromatic nitrogens is 3. The molecule has 2 heterocycles. The number of nitrogens with zero attached hydrogens (tertiary/aromatic N) is 3. The van der Waals surface area contributed by atoms with Crippen molar-refractivity contribution in [3.05, 3.63) is 41.1 Å². The number of aryl methyl sites for hydroxylation is 2. The Morgan fingerprint density at radius 2 is 2.28 bits per heavy atom. The summed E-state index contributed by atoms with van der Waals surface area (Å²) in [5, 5.41) is 12.2. The monoisotopic (exact) mass is 241 g/mol. The van der Waals surface area contributed by atoms with Crippen molar-refractivity contribution in [3.63, 3.8) is 0 Å². The number of anilines is 1. The highest BCUT2D eigenvalue weighted by Crippen LogP contribution is 2.15. The average molecular weight is 241 g/mol. The molecule has 0 radical (unpaired) electrons. The second-order valence-electron chi connectivity index (χ2n) is 4.11. The minimum Gasteiger partial charge on any atom is -0.370 e. The van der Waals surface area contributed by atoms with Gasteiger partial charge in [-0.15, -0.1) is 0 Å². The van der Waals surface area contributed by atoms with Gasteiger partial charge in [0.15, 0.2) is 0 Å². The van der Waals surface area contributed by atoms with Crippen molar-refractivity contribution in [2.75, 3.05) is 11.9 Å². The lowest BCUT2D eigenvalue weighted by Gasteiger charge is -2.08. The maximum atomic E-state index is 8.97. The van der Waals surface area contributed by atoms with Crippen molar-refractivity contribution in [2.24, 2.45) is 0 Å². The minimum atomic E-state index is 0.659. The first kappa shape index (κ1) is 12.1. The van der Waals surface area contributed by atoms with Crippen molar-refractivity contribution in [1.82, 2.24) is 15.0 Å². The van der Waals surface area contributed by atoms with Crippen LogP contribution in [-0.2, 0) is 6.42 Å². The van der Waals surface area contributed by atoms with Gasteiger partial charge in [0.2, 0.25) is 0 Å². The maximum Gasteiger partial charge on any atom is 0.126 e. The van der Waals surface area contributed by atoms with E-state index in [9.17, 15) is 0 Å². The highest BCUT2D eigenvalue weighted by molar-refractivity contribution is 5.48. The lowest BCUT2D eigenvalue weighted by Crippen LogP contribution is -2.08. The first-order valence-electron chi connectivity index (χ1n) is 5.81. The zero-order chi connectivity index (χ0) is 13.0. The summed E-state index contributed by atoms with van der Waals surface area (Å²) in [4.78, 5) is 11.6. The Labute approximate surface area is 106 Å². The fraction of sp³-hybridized carbons (Fsp3) is 0.308. The van der Waals surface area contributed by atoms with Crippen molar-refractivity contribution in [1.29, 1.82) is 5.26 Å². The molecule has 2 aromatic rings. The summed E-state index contributed by atoms with van der Waals surface area (Å²) >= 11 is 0. The molecule has 5 nitrogen and oxygen atoms in total. The van der Waals surface area contributed by atoms with E-state index in [4.69, 9.17) is 5.26 Å². The Morgan fingerprint density at radius 1 is 1.44 bits per heavy atom. The summed E-state index contributed by atoms with van der Waals surface area (Å²) in [6.45, 7) is 4.53. The fourth-order valence-corrected chi connectivity index (χ4v) is 1.83. The molecule has 5 heteroatoms. The Kier molecular flexibility index (Phi) is 3.58. The molecule has 0 atom stereocenters. The molecule has 0 fully saturated rings. The van der Waals surface area contributed by atoms with Crippen LogP contribution < -0.4 is 5.32 Å². The molecule has 0 aliphatic rings. The minimum absolute atomic E-state index is 0.659. The van der Waals surface area contributed by atoms with Gasteiger partial charge in [-0.05, 0) is 25.5 Å². The van der Waals surface area contributed by atoms with Crippen LogP contribution in [0.25, 0.3) is 0 Å². The number of hydrogen-bond acceptors (Lipinski definition) is 4. The normalized spacial score (nSPS) is 10.1. The van der Waals surface area contributed by atoms with Crippen LogP contribution in [-0.4, -0.2) is 21.5 Å². The van der Waals surface area contributed by atoms with Gasteiger partial charge in [0.25, 0.3) is 0 Å². The van der Waals surface area contributed by atoms with Crippen LogP contribution in [0.1, 0.15) is 22.6 Å². The van der Waals surface area contributed by atoms with E-state index in [1.807, 2.05) is 26.1 Å². The van der Waals surface area contributed by atoms with E-state index in [2.05, 4.69) is 26.3 Å². The molecule has 2 rings (SSSR count). The third-order valence-electron chi connectivity index (χ3n) is 2.73. The number of rotatable bonds is 4. The Balaban J connectivity index is 2.00. The number of nitrogens with one attached hydrogen (secondary N) is 2. The van der Waals surface area contributed by atoms with Gasteiger partial charge in [-0.2, -0.15) is 5.26 Å². The predicted octanol–water partition coefficient (Wildman–Crippen LogP) is 1.95. The number of H-pyrrole nitrogens is 1. The molecule has 0 amide bonds. The molecule has 0 aromatic carbocycles. The predicted molar refractivity (Wildman–Crippen MR) is 69.2 cm³/mol. The third kappa shape index (κ3) is 2.66. The first-order valence-corrected chi connectivity index (χ1v) is 5.81. The molecule has 0 saturated heterocycles. The molecule has 0 aliphatic carbocycles. The van der Waals surface area contributed by atoms with Crippen LogP contribution >= 0.6 is 0 Å². The summed E-state index contributed by atoms with van der Waals surface area (Å²) in [6.07, 6.45) is 4.36. The van der Waals surface area contributed by atoms with E-state index in [0.717, 1.165) is 35.9 Å². The molecule has 2 aromatic heterocycles. The van der Waals surface area contributed by atoms with Gasteiger partial charge in [-0.25, -0.2) is 9.97 Å². The van der Waals surface area contributed by atoms with Crippen molar-refractivity contribution >= 4 is 5.82 Å². The molecule has 92 valence electrons. The van der Waals surface area contributed by atoms with Crippen molar-refractivity contribution in [2.45, 2.75) is 20.3 Å². The van der Waals surface area contributed by atoms with Crippen LogP contribution in [0.2, 0.25) is 0 Å². The summed E-state index contributed by atoms with van der Waals surface area (Å²) in [7, 11) is 0. The highest BCUT2D eigenvalue weighted by atomic mass is 15.0. The van der Waals surface area contributed by atoms with E-state index < -0.39 is 0 Å². The molecule has 0 saturated carbocycles. The van der Waals surface area contributed by atoms with Gasteiger partial charge in [0.05, 0.1) is 11.3 Å². The number of aromatic amines is 1. The lowest BCUT2D eigenvalue weighted by atomic mass is 10.1. The SMILES string of the molecule is Cc1cc(NCCc2ncc[nH]2)nc(C)c1C#N. The van der Waals surface area contributed by atoms with E-state index in [0.29, 0.717) is 5.56 Å². The Hall–Kier alpha value is -2.35. The number of hydrogen-bond donors (Lipinski definition) is 2. The molecular formula is C13H15N5. The lowest BCUT2D eigenvalue weighted by molar-refractivity contribution is 0.919. The smallest absolute Gasteiger partial charge is 0.126 e. The fourth-order valence-electron chi connectivity index (χ4n) is 1.83. The summed E-state index contributed by atoms with van der Waals surface area (Å²) in [5.74, 6) is 1.75. The maximum absolute atomic E-state index is 8.97. The van der Waals surface area contributed by atoms with Crippen LogP contribution in [0.15, 0.2) is 18.5 Å². The Morgan fingerprint density at radius 3 is 2.89 bits per heavy atom. The molecular weight excluding hydrogens is 226 g/mol. The van der Waals surface area contributed by atoms with Gasteiger partial charge < -0.3 is 10.3 Å². The average Bonchev–Trinajstić information content (AvgIpc) is 2.82. The second kappa shape index (κ2) is 5.32. The zero-order valence-electron chi connectivity index (χ0n) is 10.5. The Bertz CT molecular complexity index is 543. The standard InChI is InChI=1S/C13H15N5/c1-9-7-13(18-10(2)11(9)8-14)15-4-3-12-16-5-6-17-12/h5-7H,3-4H2,1-2H3,(H,15,18)(H,16,17). The quantitative estimate of drug-likeness (QED) is 0.857. The summed E-state index contributed by atoms with van der Waals surface area (Å²) in [5.41, 5.74) is 2.37. The van der Waals surface area contributed by atoms with Gasteiger partial charge in [0, 0.05) is 25.4 Å².